The Kier molecular flexibility index (Phi) is 10.3. The van der Waals surface area contributed by atoms with Gasteiger partial charge in [-0.1, -0.05) is 6.42 Å². The van der Waals surface area contributed by atoms with E-state index in [9.17, 15) is 27.5 Å². The Morgan fingerprint density at radius 1 is 1.14 bits per heavy atom. The number of aliphatic imine (C=N–C) groups is 1. The van der Waals surface area contributed by atoms with Crippen molar-refractivity contribution >= 4 is 35.1 Å². The maximum absolute atomic E-state index is 14.1. The number of carbonyl (C=O) groups excluding carboxylic acids is 1. The molecule has 5 N–H and O–H groups in total. The lowest BCUT2D eigenvalue weighted by molar-refractivity contribution is -0.157. The Bertz CT molecular complexity index is 740. The fourth-order valence-corrected chi connectivity index (χ4v) is 5.58. The van der Waals surface area contributed by atoms with Gasteiger partial charge in [0, 0.05) is 35.7 Å². The van der Waals surface area contributed by atoms with Gasteiger partial charge < -0.3 is 15.5 Å². The summed E-state index contributed by atoms with van der Waals surface area (Å²) in [5, 5.41) is 25.1. The quantitative estimate of drug-likeness (QED) is 0.150. The van der Waals surface area contributed by atoms with Crippen LogP contribution in [0.25, 0.3) is 0 Å². The molecule has 0 radical (unpaired) electrons. The standard InChI is InChI=1S/C21H33Cl2F4N5O3/c22-12-3-1-2-11(4-12)19(35)30-20(28-15-6-13(23)5-14(24)7-15)29-18-8-17(21(25,26)27)31-32(18)9-16(34)10-33/h11-18,31,33-34H,1-10H2,(H2,28,29,30,35). The van der Waals surface area contributed by atoms with Crippen molar-refractivity contribution in [2.24, 2.45) is 10.9 Å². The van der Waals surface area contributed by atoms with E-state index in [4.69, 9.17) is 28.3 Å². The first kappa shape index (κ1) is 28.6. The van der Waals surface area contributed by atoms with Gasteiger partial charge in [-0.3, -0.25) is 10.1 Å². The molecule has 3 rings (SSSR count). The summed E-state index contributed by atoms with van der Waals surface area (Å²) in [4.78, 5) is 17.3. The van der Waals surface area contributed by atoms with Crippen LogP contribution < -0.4 is 16.1 Å². The Hall–Kier alpha value is -0.920. The maximum Gasteiger partial charge on any atom is 0.405 e. The van der Waals surface area contributed by atoms with Gasteiger partial charge in [-0.25, -0.2) is 19.8 Å². The lowest BCUT2D eigenvalue weighted by Gasteiger charge is -2.31. The molecule has 1 heterocycles. The van der Waals surface area contributed by atoms with Crippen LogP contribution in [0.15, 0.2) is 4.99 Å². The number of carbonyl (C=O) groups is 1. The summed E-state index contributed by atoms with van der Waals surface area (Å²) in [6.07, 6.45) is -5.25. The number of aliphatic hydroxyl groups is 2. The number of aliphatic hydroxyl groups excluding tert-OH is 2. The zero-order valence-electron chi connectivity index (χ0n) is 19.2. The lowest BCUT2D eigenvalue weighted by atomic mass is 9.88. The van der Waals surface area contributed by atoms with Crippen LogP contribution >= 0.6 is 23.2 Å². The van der Waals surface area contributed by atoms with Crippen molar-refractivity contribution in [1.82, 2.24) is 21.1 Å². The van der Waals surface area contributed by atoms with Crippen LogP contribution in [0.4, 0.5) is 17.6 Å². The van der Waals surface area contributed by atoms with Crippen molar-refractivity contribution in [2.45, 2.75) is 98.8 Å². The summed E-state index contributed by atoms with van der Waals surface area (Å²) >= 11 is 12.4. The third-order valence-corrected chi connectivity index (χ3v) is 7.33. The SMILES string of the molecule is O=C(N/C(=N/C1CC(C(F)(F)F)NN1CC(O)CO)NC1CC(F)CC(Cl)C1)C1CCCC(Cl)C1. The first-order valence-corrected chi connectivity index (χ1v) is 12.8. The summed E-state index contributed by atoms with van der Waals surface area (Å²) in [7, 11) is 0. The largest absolute Gasteiger partial charge is 0.405 e. The molecule has 0 bridgehead atoms. The van der Waals surface area contributed by atoms with E-state index in [0.29, 0.717) is 19.3 Å². The Balaban J connectivity index is 1.81. The minimum atomic E-state index is -4.57. The van der Waals surface area contributed by atoms with E-state index < -0.39 is 55.1 Å². The Morgan fingerprint density at radius 2 is 1.89 bits per heavy atom. The highest BCUT2D eigenvalue weighted by Gasteiger charge is 2.48. The molecule has 1 aliphatic heterocycles. The normalized spacial score (nSPS) is 36.1. The number of amides is 1. The molecule has 3 fully saturated rings. The summed E-state index contributed by atoms with van der Waals surface area (Å²) in [6, 6.07) is -2.40. The molecule has 8 atom stereocenters. The van der Waals surface area contributed by atoms with Gasteiger partial charge in [-0.15, -0.1) is 23.2 Å². The van der Waals surface area contributed by atoms with Crippen molar-refractivity contribution < 1.29 is 32.6 Å². The molecule has 3 aliphatic rings. The summed E-state index contributed by atoms with van der Waals surface area (Å²) in [5.41, 5.74) is 2.28. The molecule has 2 aliphatic carbocycles. The number of rotatable bonds is 6. The highest BCUT2D eigenvalue weighted by molar-refractivity contribution is 6.21. The van der Waals surface area contributed by atoms with E-state index >= 15 is 0 Å². The number of halogens is 6. The van der Waals surface area contributed by atoms with Crippen LogP contribution in [0.3, 0.4) is 0 Å². The molecule has 35 heavy (non-hydrogen) atoms. The van der Waals surface area contributed by atoms with Crippen LogP contribution in [-0.4, -0.2) is 87.7 Å². The van der Waals surface area contributed by atoms with E-state index in [1.165, 1.54) is 0 Å². The minimum absolute atomic E-state index is 0.0761. The van der Waals surface area contributed by atoms with E-state index in [2.05, 4.69) is 21.1 Å². The van der Waals surface area contributed by atoms with E-state index in [1.54, 1.807) is 0 Å². The molecule has 0 spiro atoms. The zero-order chi connectivity index (χ0) is 25.8. The van der Waals surface area contributed by atoms with Gasteiger partial charge in [0.15, 0.2) is 5.96 Å². The van der Waals surface area contributed by atoms with Gasteiger partial charge in [-0.2, -0.15) is 13.2 Å². The monoisotopic (exact) mass is 549 g/mol. The first-order chi connectivity index (χ1) is 16.4. The predicted octanol–water partition coefficient (Wildman–Crippen LogP) is 2.16. The molecule has 0 aromatic rings. The number of hydrogen-bond acceptors (Lipinski definition) is 6. The number of hydrogen-bond donors (Lipinski definition) is 5. The molecule has 14 heteroatoms. The fourth-order valence-electron chi connectivity index (χ4n) is 4.80. The highest BCUT2D eigenvalue weighted by Crippen LogP contribution is 2.31. The molecule has 1 saturated heterocycles. The second kappa shape index (κ2) is 12.6. The fraction of sp³-hybridized carbons (Fsp3) is 0.905. The van der Waals surface area contributed by atoms with Crippen molar-refractivity contribution in [2.75, 3.05) is 13.2 Å². The minimum Gasteiger partial charge on any atom is -0.394 e. The number of nitrogens with one attached hydrogen (secondary N) is 3. The Morgan fingerprint density at radius 3 is 2.51 bits per heavy atom. The third kappa shape index (κ3) is 8.57. The van der Waals surface area contributed by atoms with Crippen LogP contribution in [0.1, 0.15) is 51.4 Å². The van der Waals surface area contributed by atoms with Crippen LogP contribution in [0.5, 0.6) is 0 Å². The lowest BCUT2D eigenvalue weighted by Crippen LogP contribution is -2.52. The molecule has 2 saturated carbocycles. The van der Waals surface area contributed by atoms with Gasteiger partial charge in [-0.05, 0) is 38.5 Å². The molecule has 1 amide bonds. The number of β-amino-alcohol motifs (C(OH)–C–C–N with tert-alkyl or cyclic N) is 1. The van der Waals surface area contributed by atoms with Gasteiger partial charge in [0.1, 0.15) is 18.4 Å². The smallest absolute Gasteiger partial charge is 0.394 e. The molecule has 8 unspecified atom stereocenters. The molecular formula is C21H33Cl2F4N5O3. The molecule has 0 aromatic heterocycles. The second-order valence-electron chi connectivity index (χ2n) is 9.60. The number of alkyl halides is 6. The van der Waals surface area contributed by atoms with Gasteiger partial charge in [0.2, 0.25) is 5.91 Å². The second-order valence-corrected chi connectivity index (χ2v) is 10.8. The average molecular weight is 550 g/mol. The van der Waals surface area contributed by atoms with Crippen molar-refractivity contribution in [3.8, 4) is 0 Å². The summed E-state index contributed by atoms with van der Waals surface area (Å²) < 4.78 is 54.3. The van der Waals surface area contributed by atoms with Crippen molar-refractivity contribution in [1.29, 1.82) is 0 Å². The van der Waals surface area contributed by atoms with Crippen LogP contribution in [0, 0.1) is 5.92 Å². The first-order valence-electron chi connectivity index (χ1n) is 11.9. The number of hydrazine groups is 1. The topological polar surface area (TPSA) is 109 Å². The van der Waals surface area contributed by atoms with Gasteiger partial charge >= 0.3 is 6.18 Å². The van der Waals surface area contributed by atoms with Crippen molar-refractivity contribution in [3.63, 3.8) is 0 Å². The third-order valence-electron chi connectivity index (χ3n) is 6.57. The predicted molar refractivity (Wildman–Crippen MR) is 124 cm³/mol. The molecule has 8 nitrogen and oxygen atoms in total. The molecular weight excluding hydrogens is 517 g/mol. The highest BCUT2D eigenvalue weighted by atomic mass is 35.5. The Labute approximate surface area is 211 Å². The van der Waals surface area contributed by atoms with Gasteiger partial charge in [0.05, 0.1) is 12.7 Å². The summed E-state index contributed by atoms with van der Waals surface area (Å²) in [6.45, 7) is -0.972. The number of guanidine groups is 1. The van der Waals surface area contributed by atoms with E-state index in [1.807, 2.05) is 0 Å². The molecule has 202 valence electrons. The number of nitrogens with zero attached hydrogens (tertiary/aromatic N) is 2. The van der Waals surface area contributed by atoms with Gasteiger partial charge in [0.25, 0.3) is 0 Å². The van der Waals surface area contributed by atoms with Crippen LogP contribution in [0.2, 0.25) is 0 Å². The maximum atomic E-state index is 14.1. The zero-order valence-corrected chi connectivity index (χ0v) is 20.7. The molecule has 0 aromatic carbocycles. The van der Waals surface area contributed by atoms with Crippen molar-refractivity contribution in [3.05, 3.63) is 0 Å². The average Bonchev–Trinajstić information content (AvgIpc) is 3.15. The summed E-state index contributed by atoms with van der Waals surface area (Å²) in [5.74, 6) is -0.819. The van der Waals surface area contributed by atoms with Crippen LogP contribution in [-0.2, 0) is 4.79 Å². The van der Waals surface area contributed by atoms with E-state index in [-0.39, 0.29) is 42.5 Å². The van der Waals surface area contributed by atoms with E-state index in [0.717, 1.165) is 17.9 Å².